The van der Waals surface area contributed by atoms with Crippen LogP contribution in [0.4, 0.5) is 20.7 Å². The molecule has 0 radical (unpaired) electrons. The van der Waals surface area contributed by atoms with Crippen LogP contribution < -0.4 is 15.5 Å². The molecule has 1 atom stereocenters. The smallest absolute Gasteiger partial charge is 0.319 e. The molecular weight excluding hydrogens is 501 g/mol. The van der Waals surface area contributed by atoms with E-state index in [9.17, 15) is 4.79 Å². The Morgan fingerprint density at radius 1 is 1.08 bits per heavy atom. The molecule has 2 aliphatic heterocycles. The molecule has 2 saturated heterocycles. The molecule has 3 aromatic rings. The number of halogens is 1. The molecule has 0 aliphatic carbocycles. The summed E-state index contributed by atoms with van der Waals surface area (Å²) in [7, 11) is 0. The predicted molar refractivity (Wildman–Crippen MR) is 151 cm³/mol. The highest BCUT2D eigenvalue weighted by molar-refractivity contribution is 5.90. The number of anilines is 2. The van der Waals surface area contributed by atoms with Gasteiger partial charge in [-0.1, -0.05) is 13.8 Å². The number of hydrogen-bond acceptors (Lipinski definition) is 7. The van der Waals surface area contributed by atoms with Crippen LogP contribution in [0.15, 0.2) is 24.3 Å². The lowest BCUT2D eigenvalue weighted by molar-refractivity contribution is -0.0179. The largest absolute Gasteiger partial charge is 0.381 e. The van der Waals surface area contributed by atoms with Crippen molar-refractivity contribution in [2.45, 2.75) is 65.7 Å². The summed E-state index contributed by atoms with van der Waals surface area (Å²) >= 11 is 0. The lowest BCUT2D eigenvalue weighted by Crippen LogP contribution is -2.44. The second-order valence-electron chi connectivity index (χ2n) is 9.48. The number of aryl methyl sites for hydroxylation is 1. The molecule has 2 aromatic heterocycles. The molecule has 4 heterocycles. The van der Waals surface area contributed by atoms with E-state index < -0.39 is 5.67 Å². The Morgan fingerprint density at radius 2 is 1.79 bits per heavy atom. The summed E-state index contributed by atoms with van der Waals surface area (Å²) in [5, 5.41) is 5.52. The first-order chi connectivity index (χ1) is 18.9. The topological polar surface area (TPSA) is 106 Å². The molecule has 0 saturated carbocycles. The van der Waals surface area contributed by atoms with E-state index in [2.05, 4.69) is 22.5 Å². The predicted octanol–water partition coefficient (Wildman–Crippen LogP) is 4.88. The number of rotatable bonds is 6. The number of ether oxygens (including phenoxy) is 2. The van der Waals surface area contributed by atoms with Crippen molar-refractivity contribution in [1.82, 2.24) is 24.8 Å². The highest BCUT2D eigenvalue weighted by atomic mass is 19.1. The number of nitrogens with one attached hydrogen (secondary N) is 2. The van der Waals surface area contributed by atoms with Gasteiger partial charge in [-0.3, -0.25) is 0 Å². The summed E-state index contributed by atoms with van der Waals surface area (Å²) < 4.78 is 29.2. The van der Waals surface area contributed by atoms with Crippen LogP contribution in [-0.4, -0.2) is 71.1 Å². The van der Waals surface area contributed by atoms with Crippen LogP contribution in [0, 0.1) is 0 Å². The summed E-state index contributed by atoms with van der Waals surface area (Å²) in [6.45, 7) is 13.5. The SMILES string of the molecule is CC.CCNC(=O)Nc1ccc(-c2nc(N3CCOC[C@@H]3C)c3nc(C4(F)CCOCC4)n(CC)c3n2)cc1. The van der Waals surface area contributed by atoms with Gasteiger partial charge < -0.3 is 29.6 Å². The number of hydrogen-bond donors (Lipinski definition) is 2. The van der Waals surface area contributed by atoms with Crippen molar-refractivity contribution in [2.75, 3.05) is 49.7 Å². The van der Waals surface area contributed by atoms with E-state index in [0.29, 0.717) is 80.4 Å². The van der Waals surface area contributed by atoms with E-state index in [1.165, 1.54) is 0 Å². The van der Waals surface area contributed by atoms with Crippen LogP contribution in [0.25, 0.3) is 22.6 Å². The van der Waals surface area contributed by atoms with E-state index in [0.717, 1.165) is 5.56 Å². The normalized spacial score (nSPS) is 18.8. The monoisotopic (exact) mass is 541 g/mol. The van der Waals surface area contributed by atoms with Gasteiger partial charge in [0.15, 0.2) is 28.5 Å². The summed E-state index contributed by atoms with van der Waals surface area (Å²) in [6, 6.07) is 7.20. The number of nitrogens with zero attached hydrogens (tertiary/aromatic N) is 5. The Hall–Kier alpha value is -3.31. The van der Waals surface area contributed by atoms with Gasteiger partial charge in [0.2, 0.25) is 0 Å². The molecule has 2 fully saturated rings. The fraction of sp³-hybridized carbons (Fsp3) is 0.571. The molecule has 0 spiro atoms. The summed E-state index contributed by atoms with van der Waals surface area (Å²) in [5.74, 6) is 1.60. The molecule has 0 unspecified atom stereocenters. The molecule has 39 heavy (non-hydrogen) atoms. The van der Waals surface area contributed by atoms with Crippen molar-refractivity contribution < 1.29 is 18.7 Å². The molecule has 10 nitrogen and oxygen atoms in total. The van der Waals surface area contributed by atoms with Gasteiger partial charge in [-0.2, -0.15) is 0 Å². The van der Waals surface area contributed by atoms with Crippen molar-refractivity contribution in [3.8, 4) is 11.4 Å². The Bertz CT molecular complexity index is 1260. The maximum Gasteiger partial charge on any atom is 0.319 e. The van der Waals surface area contributed by atoms with Gasteiger partial charge >= 0.3 is 6.03 Å². The van der Waals surface area contributed by atoms with Crippen molar-refractivity contribution in [3.05, 3.63) is 30.1 Å². The summed E-state index contributed by atoms with van der Waals surface area (Å²) in [6.07, 6.45) is 0.528. The molecule has 2 N–H and O–H groups in total. The number of aromatic nitrogens is 4. The Balaban J connectivity index is 0.00000172. The number of alkyl halides is 1. The van der Waals surface area contributed by atoms with Gasteiger partial charge in [0.25, 0.3) is 0 Å². The third-order valence-corrected chi connectivity index (χ3v) is 6.96. The van der Waals surface area contributed by atoms with E-state index in [1.54, 1.807) is 0 Å². The number of morpholine rings is 1. The summed E-state index contributed by atoms with van der Waals surface area (Å²) in [4.78, 5) is 28.8. The third-order valence-electron chi connectivity index (χ3n) is 6.96. The third kappa shape index (κ3) is 5.99. The first-order valence-electron chi connectivity index (χ1n) is 14.0. The van der Waals surface area contributed by atoms with Gasteiger partial charge in [-0.15, -0.1) is 0 Å². The number of imidazole rings is 1. The van der Waals surface area contributed by atoms with Crippen LogP contribution in [0.3, 0.4) is 0 Å². The van der Waals surface area contributed by atoms with Crippen molar-refractivity contribution in [3.63, 3.8) is 0 Å². The number of carbonyl (C=O) groups excluding carboxylic acids is 1. The van der Waals surface area contributed by atoms with Gasteiger partial charge in [-0.25, -0.2) is 24.1 Å². The molecule has 5 rings (SSSR count). The zero-order chi connectivity index (χ0) is 28.0. The minimum absolute atomic E-state index is 0.0843. The Kier molecular flexibility index (Phi) is 9.34. The number of benzene rings is 1. The van der Waals surface area contributed by atoms with Gasteiger partial charge in [0, 0.05) is 43.7 Å². The molecule has 11 heteroatoms. The Morgan fingerprint density at radius 3 is 2.44 bits per heavy atom. The molecule has 2 amide bonds. The minimum atomic E-state index is -1.57. The molecule has 212 valence electrons. The van der Waals surface area contributed by atoms with Crippen molar-refractivity contribution in [1.29, 1.82) is 0 Å². The standard InChI is InChI=1S/C26H34FN7O3.C2H6/c1-4-28-25(35)29-19-8-6-18(7-9-19)21-31-22-20(23(32-21)34-12-15-37-16-17(34)3)30-24(33(22)5-2)26(27)10-13-36-14-11-26;1-2/h6-9,17H,4-5,10-16H2,1-3H3,(H2,28,29,35);1-2H3/t17-;/m0./s1. The van der Waals surface area contributed by atoms with Gasteiger partial charge in [0.05, 0.1) is 32.5 Å². The first-order valence-corrected chi connectivity index (χ1v) is 14.0. The molecular formula is C28H40FN7O3. The number of amides is 2. The maximum atomic E-state index is 16.2. The number of fused-ring (bicyclic) bond motifs is 1. The highest BCUT2D eigenvalue weighted by Gasteiger charge is 2.40. The Labute approximate surface area is 229 Å². The van der Waals surface area contributed by atoms with Gasteiger partial charge in [-0.05, 0) is 45.0 Å². The van der Waals surface area contributed by atoms with Crippen LogP contribution in [0.1, 0.15) is 53.3 Å². The van der Waals surface area contributed by atoms with E-state index in [-0.39, 0.29) is 24.9 Å². The van der Waals surface area contributed by atoms with Crippen LogP contribution in [-0.2, 0) is 21.7 Å². The zero-order valence-electron chi connectivity index (χ0n) is 23.6. The van der Waals surface area contributed by atoms with E-state index in [1.807, 2.05) is 56.5 Å². The average Bonchev–Trinajstić information content (AvgIpc) is 3.35. The minimum Gasteiger partial charge on any atom is -0.381 e. The first kappa shape index (κ1) is 28.7. The lowest BCUT2D eigenvalue weighted by atomic mass is 9.95. The quantitative estimate of drug-likeness (QED) is 0.458. The van der Waals surface area contributed by atoms with Gasteiger partial charge in [0.1, 0.15) is 5.82 Å². The number of urea groups is 1. The maximum absolute atomic E-state index is 16.2. The highest BCUT2D eigenvalue weighted by Crippen LogP contribution is 2.39. The van der Waals surface area contributed by atoms with Crippen LogP contribution >= 0.6 is 0 Å². The zero-order valence-corrected chi connectivity index (χ0v) is 23.6. The van der Waals surface area contributed by atoms with E-state index in [4.69, 9.17) is 24.4 Å². The second-order valence-corrected chi connectivity index (χ2v) is 9.48. The molecule has 2 aliphatic rings. The van der Waals surface area contributed by atoms with Crippen LogP contribution in [0.5, 0.6) is 0 Å². The lowest BCUT2D eigenvalue weighted by Gasteiger charge is -2.34. The second kappa shape index (κ2) is 12.7. The molecule has 0 bridgehead atoms. The number of carbonyl (C=O) groups is 1. The van der Waals surface area contributed by atoms with E-state index >= 15 is 4.39 Å². The van der Waals surface area contributed by atoms with Crippen molar-refractivity contribution in [2.24, 2.45) is 0 Å². The fourth-order valence-corrected chi connectivity index (χ4v) is 4.96. The molecule has 1 aromatic carbocycles. The average molecular weight is 542 g/mol. The van der Waals surface area contributed by atoms with Crippen molar-refractivity contribution >= 4 is 28.7 Å². The fourth-order valence-electron chi connectivity index (χ4n) is 4.96. The van der Waals surface area contributed by atoms with Crippen LogP contribution in [0.2, 0.25) is 0 Å². The summed E-state index contributed by atoms with van der Waals surface area (Å²) in [5.41, 5.74) is 1.10.